The lowest BCUT2D eigenvalue weighted by Crippen LogP contribution is -2.57. The van der Waals surface area contributed by atoms with E-state index in [0.717, 1.165) is 11.1 Å². The molecule has 0 spiro atoms. The monoisotopic (exact) mass is 688 g/mol. The lowest BCUT2D eigenvalue weighted by Gasteiger charge is -2.30. The Kier molecular flexibility index (Phi) is 14.3. The van der Waals surface area contributed by atoms with Gasteiger partial charge in [-0.2, -0.15) is 0 Å². The summed E-state index contributed by atoms with van der Waals surface area (Å²) in [6, 6.07) is 14.2. The first-order chi connectivity index (χ1) is 24.1. The Bertz CT molecular complexity index is 1500. The zero-order valence-electron chi connectivity index (χ0n) is 28.2. The molecule has 0 radical (unpaired) electrons. The maximum Gasteiger partial charge on any atom is 0.290 e. The summed E-state index contributed by atoms with van der Waals surface area (Å²) in [5, 5.41) is 21.1. The molecular formula is C36H48N8O6. The molecule has 4 atom stereocenters. The number of rotatable bonds is 8. The number of carbonyl (C=O) groups is 6. The van der Waals surface area contributed by atoms with Crippen LogP contribution in [0.2, 0.25) is 0 Å². The quantitative estimate of drug-likeness (QED) is 0.0892. The molecule has 5 amide bonds. The van der Waals surface area contributed by atoms with E-state index >= 15 is 0 Å². The van der Waals surface area contributed by atoms with Gasteiger partial charge in [-0.1, -0.05) is 67.1 Å². The molecule has 0 bridgehead atoms. The summed E-state index contributed by atoms with van der Waals surface area (Å²) >= 11 is 0. The summed E-state index contributed by atoms with van der Waals surface area (Å²) in [4.78, 5) is 82.8. The van der Waals surface area contributed by atoms with Crippen LogP contribution in [-0.2, 0) is 41.6 Å². The van der Waals surface area contributed by atoms with Crippen molar-refractivity contribution in [1.29, 1.82) is 5.41 Å². The van der Waals surface area contributed by atoms with Crippen LogP contribution in [0.1, 0.15) is 62.5 Å². The van der Waals surface area contributed by atoms with Gasteiger partial charge in [0.25, 0.3) is 5.91 Å². The Balaban J connectivity index is 1.59. The maximum absolute atomic E-state index is 14.0. The minimum absolute atomic E-state index is 0.0289. The first-order valence-corrected chi connectivity index (χ1v) is 17.3. The molecule has 2 heterocycles. The Morgan fingerprint density at radius 1 is 0.780 bits per heavy atom. The summed E-state index contributed by atoms with van der Waals surface area (Å²) in [5.41, 5.74) is 7.01. The number of nitrogens with zero attached hydrogens (tertiary/aromatic N) is 1. The predicted molar refractivity (Wildman–Crippen MR) is 186 cm³/mol. The van der Waals surface area contributed by atoms with Crippen LogP contribution in [0.15, 0.2) is 60.7 Å². The zero-order valence-corrected chi connectivity index (χ0v) is 28.2. The molecule has 0 aromatic heterocycles. The standard InChI is InChI=1S/C36H48N8O6/c37-36(38)40-20-10-16-26-31(46)34(49)43-27(22-24-12-4-1-5-13-24)32(47)39-19-9-3-8-18-30(45)41-28(23-25-14-6-2-7-15-25)35(50)44-21-11-17-29(44)33(48)42-26/h1-2,4-7,12-15,26-29H,3,8-11,16-23H2,(H,39,47)(H,41,45)(H,42,48)(H,43,49)(H4,37,38,40)/t26-,27-,28+,29-/m0/s1. The Hall–Kier alpha value is -5.27. The van der Waals surface area contributed by atoms with Crippen LogP contribution in [-0.4, -0.2) is 90.0 Å². The largest absolute Gasteiger partial charge is 0.370 e. The second-order valence-corrected chi connectivity index (χ2v) is 12.7. The highest BCUT2D eigenvalue weighted by Gasteiger charge is 2.39. The topological polar surface area (TPSA) is 216 Å². The van der Waals surface area contributed by atoms with Gasteiger partial charge in [-0.25, -0.2) is 0 Å². The number of ketones is 1. The molecule has 0 unspecified atom stereocenters. The fourth-order valence-electron chi connectivity index (χ4n) is 6.25. The van der Waals surface area contributed by atoms with E-state index in [-0.39, 0.29) is 57.1 Å². The molecule has 14 nitrogen and oxygen atoms in total. The highest BCUT2D eigenvalue weighted by Crippen LogP contribution is 2.21. The lowest BCUT2D eigenvalue weighted by molar-refractivity contribution is -0.144. The van der Waals surface area contributed by atoms with E-state index in [1.165, 1.54) is 4.90 Å². The van der Waals surface area contributed by atoms with E-state index in [1.807, 2.05) is 60.7 Å². The number of guanidine groups is 1. The Morgan fingerprint density at radius 3 is 2.10 bits per heavy atom. The number of Topliss-reactive ketones (excluding diaryl/α,β-unsaturated/α-hetero) is 1. The van der Waals surface area contributed by atoms with Crippen LogP contribution >= 0.6 is 0 Å². The van der Waals surface area contributed by atoms with E-state index in [4.69, 9.17) is 11.1 Å². The molecule has 50 heavy (non-hydrogen) atoms. The molecule has 2 aliphatic heterocycles. The predicted octanol–water partition coefficient (Wildman–Crippen LogP) is 0.440. The fourth-order valence-corrected chi connectivity index (χ4v) is 6.25. The van der Waals surface area contributed by atoms with Gasteiger partial charge in [-0.3, -0.25) is 34.2 Å². The van der Waals surface area contributed by atoms with Gasteiger partial charge in [0.15, 0.2) is 5.96 Å². The number of fused-ring (bicyclic) bond motifs is 1. The molecule has 2 saturated heterocycles. The summed E-state index contributed by atoms with van der Waals surface area (Å²) in [6.07, 6.45) is 3.47. The van der Waals surface area contributed by atoms with E-state index < -0.39 is 53.6 Å². The van der Waals surface area contributed by atoms with Crippen molar-refractivity contribution in [3.63, 3.8) is 0 Å². The van der Waals surface area contributed by atoms with Crippen molar-refractivity contribution < 1.29 is 28.8 Å². The summed E-state index contributed by atoms with van der Waals surface area (Å²) in [5.74, 6) is -3.96. The summed E-state index contributed by atoms with van der Waals surface area (Å²) in [7, 11) is 0. The first kappa shape index (κ1) is 37.5. The van der Waals surface area contributed by atoms with E-state index in [2.05, 4.69) is 26.6 Å². The molecule has 8 N–H and O–H groups in total. The first-order valence-electron chi connectivity index (χ1n) is 17.3. The molecule has 268 valence electrons. The third kappa shape index (κ3) is 11.4. The van der Waals surface area contributed by atoms with Gasteiger partial charge in [-0.05, 0) is 49.7 Å². The van der Waals surface area contributed by atoms with Crippen LogP contribution in [0.5, 0.6) is 0 Å². The van der Waals surface area contributed by atoms with Gasteiger partial charge in [0.1, 0.15) is 18.1 Å². The Labute approximate surface area is 292 Å². The van der Waals surface area contributed by atoms with Crippen molar-refractivity contribution in [1.82, 2.24) is 31.5 Å². The third-order valence-corrected chi connectivity index (χ3v) is 8.88. The molecule has 14 heteroatoms. The van der Waals surface area contributed by atoms with Crippen molar-refractivity contribution in [3.05, 3.63) is 71.8 Å². The van der Waals surface area contributed by atoms with Crippen molar-refractivity contribution in [2.24, 2.45) is 5.73 Å². The maximum atomic E-state index is 14.0. The van der Waals surface area contributed by atoms with E-state index in [9.17, 15) is 28.8 Å². The van der Waals surface area contributed by atoms with E-state index in [1.54, 1.807) is 0 Å². The van der Waals surface area contributed by atoms with Gasteiger partial charge < -0.3 is 37.2 Å². The van der Waals surface area contributed by atoms with Crippen LogP contribution in [0.3, 0.4) is 0 Å². The van der Waals surface area contributed by atoms with Gasteiger partial charge in [-0.15, -0.1) is 0 Å². The summed E-state index contributed by atoms with van der Waals surface area (Å²) in [6.45, 7) is 0.795. The average molecular weight is 689 g/mol. The molecule has 4 rings (SSSR count). The van der Waals surface area contributed by atoms with Crippen molar-refractivity contribution in [3.8, 4) is 0 Å². The van der Waals surface area contributed by atoms with Crippen LogP contribution in [0.4, 0.5) is 0 Å². The van der Waals surface area contributed by atoms with Crippen molar-refractivity contribution in [2.45, 2.75) is 88.4 Å². The molecule has 0 aliphatic carbocycles. The smallest absolute Gasteiger partial charge is 0.290 e. The lowest BCUT2D eigenvalue weighted by atomic mass is 10.0. The number of amides is 5. The number of benzene rings is 2. The molecule has 2 fully saturated rings. The van der Waals surface area contributed by atoms with Gasteiger partial charge >= 0.3 is 0 Å². The third-order valence-electron chi connectivity index (χ3n) is 8.88. The molecule has 2 aromatic carbocycles. The fraction of sp³-hybridized carbons (Fsp3) is 0.472. The highest BCUT2D eigenvalue weighted by molar-refractivity contribution is 6.38. The number of nitrogens with two attached hydrogens (primary N) is 1. The van der Waals surface area contributed by atoms with Gasteiger partial charge in [0, 0.05) is 38.9 Å². The molecular weight excluding hydrogens is 640 g/mol. The molecule has 2 aliphatic rings. The van der Waals surface area contributed by atoms with Crippen LogP contribution in [0.25, 0.3) is 0 Å². The second kappa shape index (κ2) is 19.1. The SMILES string of the molecule is N=C(N)NCCC[C@@H]1NC(=O)[C@@H]2CCCN2C(=O)[C@@H](Cc2ccccc2)NC(=O)CCCCCNC(=O)[C@H](Cc2ccccc2)NC(=O)C1=O. The van der Waals surface area contributed by atoms with Crippen molar-refractivity contribution in [2.75, 3.05) is 19.6 Å². The van der Waals surface area contributed by atoms with Crippen LogP contribution in [0, 0.1) is 5.41 Å². The number of carbonyl (C=O) groups excluding carboxylic acids is 6. The minimum Gasteiger partial charge on any atom is -0.370 e. The second-order valence-electron chi connectivity index (χ2n) is 12.7. The highest BCUT2D eigenvalue weighted by atomic mass is 16.2. The van der Waals surface area contributed by atoms with E-state index in [0.29, 0.717) is 38.6 Å². The number of hydrogen-bond acceptors (Lipinski definition) is 7. The van der Waals surface area contributed by atoms with Gasteiger partial charge in [0.2, 0.25) is 29.4 Å². The molecule has 0 saturated carbocycles. The van der Waals surface area contributed by atoms with Gasteiger partial charge in [0.05, 0.1) is 6.04 Å². The zero-order chi connectivity index (χ0) is 35.9. The Morgan fingerprint density at radius 2 is 1.44 bits per heavy atom. The average Bonchev–Trinajstić information content (AvgIpc) is 3.60. The number of nitrogens with one attached hydrogen (secondary N) is 6. The number of hydrogen-bond donors (Lipinski definition) is 7. The minimum atomic E-state index is -1.28. The molecule has 2 aromatic rings. The summed E-state index contributed by atoms with van der Waals surface area (Å²) < 4.78 is 0. The van der Waals surface area contributed by atoms with Crippen LogP contribution < -0.4 is 32.3 Å². The normalized spacial score (nSPS) is 23.2. The van der Waals surface area contributed by atoms with Crippen molar-refractivity contribution >= 4 is 41.3 Å².